The van der Waals surface area contributed by atoms with Crippen molar-refractivity contribution in [1.82, 2.24) is 9.55 Å². The van der Waals surface area contributed by atoms with E-state index in [0.29, 0.717) is 16.8 Å². The summed E-state index contributed by atoms with van der Waals surface area (Å²) in [5, 5.41) is 8.92. The second-order valence-corrected chi connectivity index (χ2v) is 4.49. The minimum absolute atomic E-state index is 0.172. The van der Waals surface area contributed by atoms with Gasteiger partial charge in [-0.1, -0.05) is 30.3 Å². The normalized spacial score (nSPS) is 12.5. The lowest BCUT2D eigenvalue weighted by Gasteiger charge is -2.05. The van der Waals surface area contributed by atoms with Crippen LogP contribution in [0.1, 0.15) is 10.4 Å². The number of carbonyl (C=O) groups is 1. The molecule has 0 saturated carbocycles. The van der Waals surface area contributed by atoms with Gasteiger partial charge in [0.25, 0.3) is 5.91 Å². The first-order chi connectivity index (χ1) is 9.27. The largest absolute Gasteiger partial charge is 0.283 e. The monoisotopic (exact) mass is 247 g/mol. The van der Waals surface area contributed by atoms with Gasteiger partial charge >= 0.3 is 0 Å². The van der Waals surface area contributed by atoms with Crippen molar-refractivity contribution >= 4 is 16.8 Å². The van der Waals surface area contributed by atoms with E-state index in [2.05, 4.69) is 4.98 Å². The summed E-state index contributed by atoms with van der Waals surface area (Å²) in [6.45, 7) is 0. The van der Waals surface area contributed by atoms with Crippen LogP contribution < -0.4 is 5.49 Å². The number of nitrogens with zero attached hydrogens (tertiary/aromatic N) is 2. The summed E-state index contributed by atoms with van der Waals surface area (Å²) < 4.78 is 1.38. The molecule has 0 atom stereocenters. The van der Waals surface area contributed by atoms with E-state index in [0.717, 1.165) is 11.1 Å². The van der Waals surface area contributed by atoms with E-state index in [1.807, 2.05) is 42.5 Å². The van der Waals surface area contributed by atoms with Gasteiger partial charge in [-0.05, 0) is 18.2 Å². The average molecular weight is 247 g/mol. The van der Waals surface area contributed by atoms with Crippen LogP contribution in [-0.4, -0.2) is 15.5 Å². The molecule has 19 heavy (non-hydrogen) atoms. The van der Waals surface area contributed by atoms with Crippen LogP contribution in [0.5, 0.6) is 0 Å². The first kappa shape index (κ1) is 10.2. The second-order valence-electron chi connectivity index (χ2n) is 4.49. The summed E-state index contributed by atoms with van der Waals surface area (Å²) in [4.78, 5) is 16.9. The van der Waals surface area contributed by atoms with Crippen LogP contribution in [0.3, 0.4) is 0 Å². The maximum atomic E-state index is 12.4. The van der Waals surface area contributed by atoms with Gasteiger partial charge in [0.05, 0.1) is 11.1 Å². The number of hydrogen-bond donors (Lipinski definition) is 1. The van der Waals surface area contributed by atoms with E-state index in [4.69, 9.17) is 5.41 Å². The van der Waals surface area contributed by atoms with Gasteiger partial charge in [-0.25, -0.2) is 9.55 Å². The molecule has 1 aliphatic heterocycles. The van der Waals surface area contributed by atoms with Crippen LogP contribution in [0.4, 0.5) is 0 Å². The van der Waals surface area contributed by atoms with Gasteiger partial charge in [0.1, 0.15) is 11.3 Å². The minimum Gasteiger partial charge on any atom is -0.283 e. The quantitative estimate of drug-likeness (QED) is 0.517. The molecule has 1 N–H and O–H groups in total. The van der Waals surface area contributed by atoms with E-state index in [1.165, 1.54) is 4.57 Å². The van der Waals surface area contributed by atoms with E-state index >= 15 is 0 Å². The number of nitrogens with one attached hydrogen (secondary N) is 1. The van der Waals surface area contributed by atoms with Crippen LogP contribution in [0.25, 0.3) is 22.3 Å². The highest BCUT2D eigenvalue weighted by molar-refractivity contribution is 6.08. The summed E-state index contributed by atoms with van der Waals surface area (Å²) >= 11 is 0. The van der Waals surface area contributed by atoms with Gasteiger partial charge < -0.3 is 0 Å². The zero-order valence-corrected chi connectivity index (χ0v) is 9.92. The Morgan fingerprint density at radius 1 is 0.947 bits per heavy atom. The van der Waals surface area contributed by atoms with E-state index in [9.17, 15) is 4.79 Å². The summed E-state index contributed by atoms with van der Waals surface area (Å²) in [7, 11) is 0. The van der Waals surface area contributed by atoms with Crippen LogP contribution >= 0.6 is 0 Å². The van der Waals surface area contributed by atoms with Crippen molar-refractivity contribution in [3.63, 3.8) is 0 Å². The van der Waals surface area contributed by atoms with Crippen LogP contribution in [-0.2, 0) is 0 Å². The highest BCUT2D eigenvalue weighted by atomic mass is 16.2. The minimum atomic E-state index is -0.172. The Hall–Kier alpha value is -2.75. The summed E-state index contributed by atoms with van der Waals surface area (Å²) in [5.74, 6) is 0.387. The summed E-state index contributed by atoms with van der Waals surface area (Å²) in [6.07, 6.45) is 0. The average Bonchev–Trinajstić information content (AvgIpc) is 2.74. The Morgan fingerprint density at radius 2 is 1.63 bits per heavy atom. The van der Waals surface area contributed by atoms with Gasteiger partial charge in [0.15, 0.2) is 0 Å². The third-order valence-corrected chi connectivity index (χ3v) is 3.42. The highest BCUT2D eigenvalue weighted by Gasteiger charge is 2.28. The Bertz CT molecular complexity index is 909. The molecule has 4 heteroatoms. The van der Waals surface area contributed by atoms with Crippen molar-refractivity contribution in [2.24, 2.45) is 0 Å². The third-order valence-electron chi connectivity index (χ3n) is 3.42. The molecule has 3 aromatic rings. The molecule has 0 unspecified atom stereocenters. The molecule has 0 fully saturated rings. The number of hydrogen-bond acceptors (Lipinski definition) is 3. The molecule has 4 rings (SSSR count). The molecule has 0 amide bonds. The zero-order chi connectivity index (χ0) is 13.0. The molecular weight excluding hydrogens is 238 g/mol. The molecule has 1 aliphatic rings. The second kappa shape index (κ2) is 3.38. The van der Waals surface area contributed by atoms with Crippen molar-refractivity contribution in [3.05, 3.63) is 59.6 Å². The lowest BCUT2D eigenvalue weighted by atomic mass is 10.1. The zero-order valence-electron chi connectivity index (χ0n) is 9.92. The smallest absolute Gasteiger partial charge is 0.266 e. The number of fused-ring (bicyclic) bond motifs is 4. The molecule has 0 spiro atoms. The SMILES string of the molecule is N=c1c2ccccc2nc2n1C(=O)c1ccccc1-2. The van der Waals surface area contributed by atoms with Crippen LogP contribution in [0.2, 0.25) is 0 Å². The van der Waals surface area contributed by atoms with Crippen molar-refractivity contribution in [2.75, 3.05) is 0 Å². The molecule has 2 heterocycles. The molecule has 1 aromatic heterocycles. The Kier molecular flexibility index (Phi) is 1.82. The number of aromatic nitrogens is 2. The number of carbonyl (C=O) groups excluding carboxylic acids is 1. The number of benzene rings is 2. The van der Waals surface area contributed by atoms with Crippen molar-refractivity contribution < 1.29 is 4.79 Å². The lowest BCUT2D eigenvalue weighted by molar-refractivity contribution is 0.0964. The van der Waals surface area contributed by atoms with Crippen molar-refractivity contribution in [1.29, 1.82) is 5.41 Å². The Morgan fingerprint density at radius 3 is 2.47 bits per heavy atom. The van der Waals surface area contributed by atoms with Crippen LogP contribution in [0, 0.1) is 5.41 Å². The molecular formula is C15H9N3O. The summed E-state index contributed by atoms with van der Waals surface area (Å²) in [6, 6.07) is 14.8. The van der Waals surface area contributed by atoms with Crippen molar-refractivity contribution in [2.45, 2.75) is 0 Å². The van der Waals surface area contributed by atoms with Gasteiger partial charge in [-0.3, -0.25) is 10.2 Å². The third kappa shape index (κ3) is 1.20. The van der Waals surface area contributed by atoms with Gasteiger partial charge in [-0.15, -0.1) is 0 Å². The fourth-order valence-electron chi connectivity index (χ4n) is 2.53. The molecule has 90 valence electrons. The first-order valence-corrected chi connectivity index (χ1v) is 5.98. The molecule has 2 aromatic carbocycles. The van der Waals surface area contributed by atoms with Gasteiger partial charge in [-0.2, -0.15) is 0 Å². The van der Waals surface area contributed by atoms with Gasteiger partial charge in [0.2, 0.25) is 0 Å². The van der Waals surface area contributed by atoms with Crippen molar-refractivity contribution in [3.8, 4) is 11.4 Å². The Balaban J connectivity index is 2.23. The molecule has 0 radical (unpaired) electrons. The number of para-hydroxylation sites is 1. The topological polar surface area (TPSA) is 58.7 Å². The number of rotatable bonds is 0. The maximum Gasteiger partial charge on any atom is 0.266 e. The fraction of sp³-hybridized carbons (Fsp3) is 0. The first-order valence-electron chi connectivity index (χ1n) is 5.98. The molecule has 0 saturated heterocycles. The fourth-order valence-corrected chi connectivity index (χ4v) is 2.53. The van der Waals surface area contributed by atoms with E-state index < -0.39 is 0 Å². The highest BCUT2D eigenvalue weighted by Crippen LogP contribution is 2.29. The Labute approximate surface area is 108 Å². The lowest BCUT2D eigenvalue weighted by Crippen LogP contribution is -2.25. The van der Waals surface area contributed by atoms with E-state index in [-0.39, 0.29) is 11.4 Å². The van der Waals surface area contributed by atoms with Gasteiger partial charge in [0, 0.05) is 10.9 Å². The summed E-state index contributed by atoms with van der Waals surface area (Å²) in [5.41, 5.74) is 2.34. The molecule has 4 nitrogen and oxygen atoms in total. The maximum absolute atomic E-state index is 12.4. The predicted molar refractivity (Wildman–Crippen MR) is 70.8 cm³/mol. The van der Waals surface area contributed by atoms with Crippen LogP contribution in [0.15, 0.2) is 48.5 Å². The molecule has 0 aliphatic carbocycles. The predicted octanol–water partition coefficient (Wildman–Crippen LogP) is 2.18. The standard InChI is InChI=1S/C15H9N3O/c16-13-11-7-3-4-8-12(11)17-14-9-5-1-2-6-10(9)15(19)18(13)14/h1-8,16H. The molecule has 0 bridgehead atoms. The van der Waals surface area contributed by atoms with E-state index in [1.54, 1.807) is 6.07 Å².